The summed E-state index contributed by atoms with van der Waals surface area (Å²) in [4.78, 5) is 50.7. The minimum absolute atomic E-state index is 0.00290. The maximum absolute atomic E-state index is 13.7. The van der Waals surface area contributed by atoms with E-state index >= 15 is 0 Å². The van der Waals surface area contributed by atoms with Crippen LogP contribution in [0, 0.1) is 0 Å². The Morgan fingerprint density at radius 2 is 1.78 bits per heavy atom. The number of rotatable bonds is 15. The van der Waals surface area contributed by atoms with Gasteiger partial charge < -0.3 is 44.9 Å². The van der Waals surface area contributed by atoms with Crippen LogP contribution in [0.25, 0.3) is 28.1 Å². The van der Waals surface area contributed by atoms with E-state index in [4.69, 9.17) is 14.2 Å². The second-order valence-electron chi connectivity index (χ2n) is 13.8. The van der Waals surface area contributed by atoms with Crippen LogP contribution in [-0.2, 0) is 30.2 Å². The molecule has 2 aromatic carbocycles. The molecular weight excluding hydrogens is 706 g/mol. The Morgan fingerprint density at radius 3 is 2.44 bits per heavy atom. The molecule has 7 rings (SSSR count). The molecule has 290 valence electrons. The maximum atomic E-state index is 13.7. The van der Waals surface area contributed by atoms with Gasteiger partial charge in [-0.25, -0.2) is 9.78 Å². The van der Waals surface area contributed by atoms with E-state index in [2.05, 4.69) is 95.2 Å². The minimum atomic E-state index is -0.864. The molecule has 1 unspecified atom stereocenters. The topological polar surface area (TPSA) is 204 Å². The minimum Gasteiger partial charge on any atom is -0.453 e. The number of aromatic nitrogens is 5. The lowest BCUT2D eigenvalue weighted by atomic mass is 10.0. The van der Waals surface area contributed by atoms with Crippen molar-refractivity contribution in [1.82, 2.24) is 56.4 Å². The van der Waals surface area contributed by atoms with E-state index in [0.717, 1.165) is 58.7 Å². The first-order chi connectivity index (χ1) is 26.8. The summed E-state index contributed by atoms with van der Waals surface area (Å²) in [5, 5.41) is 22.9. The molecule has 0 spiro atoms. The fraction of sp³-hybridized carbons (Fsp3) is 0.421. The quantitative estimate of drug-likeness (QED) is 0.104. The number of hydrogen-bond acceptors (Lipinski definition) is 12. The fourth-order valence-corrected chi connectivity index (χ4v) is 7.07. The average Bonchev–Trinajstić information content (AvgIpc) is 4.03. The maximum Gasteiger partial charge on any atom is 0.407 e. The first-order valence-electron chi connectivity index (χ1n) is 18.6. The molecule has 17 heteroatoms. The lowest BCUT2D eigenvalue weighted by Gasteiger charge is -2.32. The second kappa shape index (κ2) is 17.1. The van der Waals surface area contributed by atoms with Gasteiger partial charge in [-0.1, -0.05) is 60.7 Å². The van der Waals surface area contributed by atoms with Gasteiger partial charge in [0.2, 0.25) is 18.2 Å². The molecule has 3 amide bonds. The van der Waals surface area contributed by atoms with E-state index in [1.54, 1.807) is 11.1 Å². The van der Waals surface area contributed by atoms with Crippen LogP contribution >= 0.6 is 0 Å². The predicted octanol–water partition coefficient (Wildman–Crippen LogP) is 2.81. The van der Waals surface area contributed by atoms with Crippen molar-refractivity contribution < 1.29 is 28.6 Å². The van der Waals surface area contributed by atoms with Crippen LogP contribution in [0.15, 0.2) is 67.1 Å². The van der Waals surface area contributed by atoms with Gasteiger partial charge in [0.15, 0.2) is 6.79 Å². The number of hydrogen-bond donors (Lipinski definition) is 6. The van der Waals surface area contributed by atoms with Gasteiger partial charge in [-0.05, 0) is 48.4 Å². The van der Waals surface area contributed by atoms with Crippen molar-refractivity contribution in [3.8, 4) is 22.4 Å². The van der Waals surface area contributed by atoms with E-state index in [1.807, 2.05) is 31.1 Å². The number of aromatic amines is 2. The van der Waals surface area contributed by atoms with Gasteiger partial charge in [-0.3, -0.25) is 20.0 Å². The standard InChI is InChI=1S/C38H47N11O6/c1-4-15-48(36(51)29(45-37(52)53-3)17-28-18-41-47-46-28)21-33-39-19-30(43-33)26-11-7-24(8-12-26)25-9-13-27(14-10-25)31-20-40-34(44-31)32-6-5-16-49(32)35(50)23(2)42-38-54-22-55-38/h7-14,18-20,23,29,32-33,38-39,42-43H,4-6,15-17,21-22H2,1-3H3,(H,40,44)(H,45,52)(H,41,46,47)/t23-,29-,32-,33?/m0/s1. The number of nitrogens with zero attached hydrogens (tertiary/aromatic N) is 5. The molecular formula is C38H47N11O6. The molecule has 4 atom stereocenters. The summed E-state index contributed by atoms with van der Waals surface area (Å²) < 4.78 is 15.3. The largest absolute Gasteiger partial charge is 0.453 e. The Bertz CT molecular complexity index is 1950. The summed E-state index contributed by atoms with van der Waals surface area (Å²) in [6.45, 7) is 5.62. The van der Waals surface area contributed by atoms with Gasteiger partial charge in [0, 0.05) is 31.9 Å². The number of benzene rings is 2. The third-order valence-electron chi connectivity index (χ3n) is 9.99. The highest BCUT2D eigenvalue weighted by molar-refractivity contribution is 5.86. The molecule has 2 aromatic heterocycles. The third-order valence-corrected chi connectivity index (χ3v) is 9.99. The highest BCUT2D eigenvalue weighted by atomic mass is 16.9. The summed E-state index contributed by atoms with van der Waals surface area (Å²) in [5.41, 5.74) is 6.50. The summed E-state index contributed by atoms with van der Waals surface area (Å²) in [6.07, 6.45) is 6.56. The smallest absolute Gasteiger partial charge is 0.407 e. The summed E-state index contributed by atoms with van der Waals surface area (Å²) >= 11 is 0. The first-order valence-corrected chi connectivity index (χ1v) is 18.6. The summed E-state index contributed by atoms with van der Waals surface area (Å²) in [7, 11) is 1.26. The van der Waals surface area contributed by atoms with Crippen LogP contribution in [0.5, 0.6) is 0 Å². The van der Waals surface area contributed by atoms with Crippen molar-refractivity contribution in [3.05, 3.63) is 84.2 Å². The highest BCUT2D eigenvalue weighted by Gasteiger charge is 2.36. The molecule has 55 heavy (non-hydrogen) atoms. The lowest BCUT2D eigenvalue weighted by molar-refractivity contribution is -0.334. The average molecular weight is 754 g/mol. The molecule has 0 saturated carbocycles. The number of imidazole rings is 1. The number of ether oxygens (including phenoxy) is 3. The van der Waals surface area contributed by atoms with Crippen LogP contribution in [0.3, 0.4) is 0 Å². The molecule has 2 fully saturated rings. The Hall–Kier alpha value is -5.78. The van der Waals surface area contributed by atoms with Crippen molar-refractivity contribution in [2.75, 3.05) is 33.5 Å². The van der Waals surface area contributed by atoms with Crippen LogP contribution in [0.4, 0.5) is 4.79 Å². The van der Waals surface area contributed by atoms with Gasteiger partial charge >= 0.3 is 6.09 Å². The number of carbonyl (C=O) groups is 3. The van der Waals surface area contributed by atoms with E-state index in [1.165, 1.54) is 7.11 Å². The number of H-pyrrole nitrogens is 2. The van der Waals surface area contributed by atoms with Crippen LogP contribution in [0.1, 0.15) is 56.2 Å². The zero-order valence-corrected chi connectivity index (χ0v) is 31.1. The summed E-state index contributed by atoms with van der Waals surface area (Å²) in [6, 6.07) is 15.2. The summed E-state index contributed by atoms with van der Waals surface area (Å²) in [5.74, 6) is 0.539. The van der Waals surface area contributed by atoms with Gasteiger partial charge in [0.1, 0.15) is 18.0 Å². The SMILES string of the molecule is CCCN(CC1NC=C(c2ccc(-c3ccc(-c4cnc([C@@H]5CCCN5C(=O)[C@H](C)NC5OCO5)[nH]4)cc3)cc2)N1)C(=O)[C@H](Cc1c[nH]nn1)NC(=O)OC. The molecule has 2 saturated heterocycles. The predicted molar refractivity (Wildman–Crippen MR) is 201 cm³/mol. The van der Waals surface area contributed by atoms with E-state index in [-0.39, 0.29) is 37.2 Å². The Morgan fingerprint density at radius 1 is 1.05 bits per heavy atom. The lowest BCUT2D eigenvalue weighted by Crippen LogP contribution is -2.54. The second-order valence-corrected chi connectivity index (χ2v) is 13.8. The zero-order valence-electron chi connectivity index (χ0n) is 31.1. The highest BCUT2D eigenvalue weighted by Crippen LogP contribution is 2.33. The van der Waals surface area contributed by atoms with Crippen molar-refractivity contribution in [2.24, 2.45) is 0 Å². The van der Waals surface area contributed by atoms with Gasteiger partial charge in [-0.2, -0.15) is 0 Å². The zero-order chi connectivity index (χ0) is 38.3. The number of alkyl carbamates (subject to hydrolysis) is 1. The van der Waals surface area contributed by atoms with Crippen LogP contribution < -0.4 is 21.3 Å². The Labute approximate surface area is 318 Å². The number of nitrogens with one attached hydrogen (secondary N) is 6. The van der Waals surface area contributed by atoms with Gasteiger partial charge in [0.05, 0.1) is 49.0 Å². The molecule has 0 aliphatic carbocycles. The molecule has 17 nitrogen and oxygen atoms in total. The number of carbonyl (C=O) groups excluding carboxylic acids is 3. The Balaban J connectivity index is 0.943. The third kappa shape index (κ3) is 8.80. The number of amides is 3. The monoisotopic (exact) mass is 753 g/mol. The molecule has 6 N–H and O–H groups in total. The molecule has 0 radical (unpaired) electrons. The molecule has 5 heterocycles. The van der Waals surface area contributed by atoms with E-state index < -0.39 is 24.6 Å². The van der Waals surface area contributed by atoms with Crippen molar-refractivity contribution in [2.45, 2.75) is 70.2 Å². The van der Waals surface area contributed by atoms with Crippen LogP contribution in [-0.4, -0.2) is 111 Å². The van der Waals surface area contributed by atoms with Crippen molar-refractivity contribution in [3.63, 3.8) is 0 Å². The molecule has 3 aliphatic rings. The Kier molecular flexibility index (Phi) is 11.7. The first kappa shape index (κ1) is 37.5. The molecule has 4 aromatic rings. The number of likely N-dealkylation sites (tertiary alicyclic amines) is 1. The van der Waals surface area contributed by atoms with Crippen LogP contribution in [0.2, 0.25) is 0 Å². The van der Waals surface area contributed by atoms with Gasteiger partial charge in [-0.15, -0.1) is 5.10 Å². The van der Waals surface area contributed by atoms with E-state index in [0.29, 0.717) is 25.3 Å². The normalized spacial score (nSPS) is 19.1. The van der Waals surface area contributed by atoms with Crippen molar-refractivity contribution >= 4 is 23.6 Å². The van der Waals surface area contributed by atoms with Crippen molar-refractivity contribution in [1.29, 1.82) is 0 Å². The number of methoxy groups -OCH3 is 1. The molecule has 0 bridgehead atoms. The fourth-order valence-electron chi connectivity index (χ4n) is 7.07. The van der Waals surface area contributed by atoms with E-state index in [9.17, 15) is 14.4 Å². The van der Waals surface area contributed by atoms with Gasteiger partial charge in [0.25, 0.3) is 0 Å². The molecule has 3 aliphatic heterocycles.